The van der Waals surface area contributed by atoms with E-state index in [-0.39, 0.29) is 0 Å². The zero-order valence-corrected chi connectivity index (χ0v) is 21.8. The first-order valence-corrected chi connectivity index (χ1v) is 12.5. The van der Waals surface area contributed by atoms with Gasteiger partial charge in [-0.05, 0) is 74.9 Å². The van der Waals surface area contributed by atoms with E-state index >= 15 is 0 Å². The third-order valence-electron chi connectivity index (χ3n) is 7.14. The second kappa shape index (κ2) is 9.99. The van der Waals surface area contributed by atoms with E-state index in [9.17, 15) is 15.0 Å². The number of benzene rings is 2. The average molecular weight is 482 g/mol. The van der Waals surface area contributed by atoms with Gasteiger partial charge in [0, 0.05) is 44.8 Å². The van der Waals surface area contributed by atoms with Crippen molar-refractivity contribution >= 4 is 5.97 Å². The lowest BCUT2D eigenvalue weighted by Gasteiger charge is -2.36. The fourth-order valence-electron chi connectivity index (χ4n) is 5.36. The molecule has 2 aliphatic heterocycles. The number of hydrogen-bond acceptors (Lipinski definition) is 6. The number of hydrogen-bond donors (Lipinski definition) is 3. The van der Waals surface area contributed by atoms with E-state index in [1.54, 1.807) is 0 Å². The molecule has 2 atom stereocenters. The zero-order valence-electron chi connectivity index (χ0n) is 21.8. The van der Waals surface area contributed by atoms with Gasteiger partial charge in [0.25, 0.3) is 0 Å². The highest BCUT2D eigenvalue weighted by Crippen LogP contribution is 2.44. The fraction of sp³-hybridized carbons (Fsp3) is 0.536. The molecule has 7 nitrogen and oxygen atoms in total. The van der Waals surface area contributed by atoms with Crippen molar-refractivity contribution in [2.45, 2.75) is 72.7 Å². The number of aryl methyl sites for hydroxylation is 1. The Hall–Kier alpha value is -2.29. The number of fused-ring (bicyclic) bond motifs is 1. The Kier molecular flexibility index (Phi) is 7.36. The van der Waals surface area contributed by atoms with Crippen LogP contribution in [0.1, 0.15) is 60.3 Å². The summed E-state index contributed by atoms with van der Waals surface area (Å²) < 4.78 is 6.16. The van der Waals surface area contributed by atoms with Crippen LogP contribution in [0.4, 0.5) is 0 Å². The minimum atomic E-state index is -1.09. The van der Waals surface area contributed by atoms with Gasteiger partial charge < -0.3 is 20.3 Å². The summed E-state index contributed by atoms with van der Waals surface area (Å²) in [6.07, 6.45) is -1.77. The first-order chi connectivity index (χ1) is 16.5. The molecule has 0 radical (unpaired) electrons. The van der Waals surface area contributed by atoms with Crippen molar-refractivity contribution in [2.75, 3.05) is 26.2 Å². The van der Waals surface area contributed by atoms with Crippen molar-refractivity contribution in [3.05, 3.63) is 57.6 Å². The van der Waals surface area contributed by atoms with Crippen LogP contribution in [0.2, 0.25) is 0 Å². The number of nitrogens with one attached hydrogen (secondary N) is 1. The summed E-state index contributed by atoms with van der Waals surface area (Å²) >= 11 is 0. The molecule has 1 saturated heterocycles. The van der Waals surface area contributed by atoms with Crippen LogP contribution in [0.3, 0.4) is 0 Å². The van der Waals surface area contributed by atoms with Gasteiger partial charge >= 0.3 is 5.97 Å². The topological polar surface area (TPSA) is 85.3 Å². The van der Waals surface area contributed by atoms with Gasteiger partial charge in [-0.1, -0.05) is 29.8 Å². The molecule has 1 fully saturated rings. The van der Waals surface area contributed by atoms with Crippen molar-refractivity contribution in [3.8, 4) is 11.1 Å². The van der Waals surface area contributed by atoms with Gasteiger partial charge in [0.1, 0.15) is 0 Å². The van der Waals surface area contributed by atoms with Crippen LogP contribution in [0, 0.1) is 20.8 Å². The largest absolute Gasteiger partial charge is 0.479 e. The van der Waals surface area contributed by atoms with E-state index in [4.69, 9.17) is 4.74 Å². The van der Waals surface area contributed by atoms with Crippen molar-refractivity contribution in [1.82, 2.24) is 15.1 Å². The van der Waals surface area contributed by atoms with Crippen LogP contribution in [0.15, 0.2) is 24.3 Å². The number of carbonyl (C=O) groups is 1. The maximum absolute atomic E-state index is 12.6. The number of aliphatic hydroxyl groups is 1. The van der Waals surface area contributed by atoms with Gasteiger partial charge in [-0.25, -0.2) is 4.79 Å². The third-order valence-corrected chi connectivity index (χ3v) is 7.14. The second-order valence-electron chi connectivity index (χ2n) is 10.8. The maximum atomic E-state index is 12.6. The summed E-state index contributed by atoms with van der Waals surface area (Å²) in [6, 6.07) is 8.24. The van der Waals surface area contributed by atoms with E-state index in [0.717, 1.165) is 59.6 Å². The average Bonchev–Trinajstić information content (AvgIpc) is 3.26. The first kappa shape index (κ1) is 25.8. The van der Waals surface area contributed by atoms with Crippen molar-refractivity contribution in [3.63, 3.8) is 0 Å². The molecule has 0 spiro atoms. The molecule has 190 valence electrons. The van der Waals surface area contributed by atoms with Crippen LogP contribution >= 0.6 is 0 Å². The van der Waals surface area contributed by atoms with Gasteiger partial charge in [-0.2, -0.15) is 0 Å². The highest BCUT2D eigenvalue weighted by atomic mass is 16.5. The van der Waals surface area contributed by atoms with E-state index in [1.807, 2.05) is 34.6 Å². The van der Waals surface area contributed by atoms with Crippen LogP contribution in [0.25, 0.3) is 11.1 Å². The predicted octanol–water partition coefficient (Wildman–Crippen LogP) is 3.72. The van der Waals surface area contributed by atoms with Crippen LogP contribution in [0.5, 0.6) is 0 Å². The molecule has 35 heavy (non-hydrogen) atoms. The first-order valence-electron chi connectivity index (χ1n) is 12.5. The Morgan fingerprint density at radius 2 is 1.54 bits per heavy atom. The Labute approximate surface area is 208 Å². The minimum absolute atomic E-state index is 0.580. The smallest absolute Gasteiger partial charge is 0.337 e. The molecule has 0 aromatic heterocycles. The highest BCUT2D eigenvalue weighted by molar-refractivity contribution is 5.84. The third kappa shape index (κ3) is 5.29. The normalized spacial score (nSPS) is 18.9. The van der Waals surface area contributed by atoms with E-state index < -0.39 is 24.0 Å². The maximum Gasteiger partial charge on any atom is 0.337 e. The minimum Gasteiger partial charge on any atom is -0.479 e. The SMILES string of the molecule is Cc1ccc(-c2c(C)c3c(c(C)c2[C@H](OC(C)(C)C)C(=O)O)CN(C(O)N2CCNCC2)C3)cc1. The molecule has 0 saturated carbocycles. The lowest BCUT2D eigenvalue weighted by molar-refractivity contribution is -0.160. The molecular formula is C28H39N3O4. The Balaban J connectivity index is 1.84. The molecule has 0 amide bonds. The molecule has 2 aliphatic rings. The highest BCUT2D eigenvalue weighted by Gasteiger charge is 2.37. The summed E-state index contributed by atoms with van der Waals surface area (Å²) in [7, 11) is 0. The number of piperazine rings is 1. The number of ether oxygens (including phenoxy) is 1. The van der Waals surface area contributed by atoms with Crippen LogP contribution in [-0.4, -0.2) is 64.1 Å². The van der Waals surface area contributed by atoms with Crippen LogP contribution in [-0.2, 0) is 22.6 Å². The quantitative estimate of drug-likeness (QED) is 0.580. The van der Waals surface area contributed by atoms with E-state index in [0.29, 0.717) is 18.7 Å². The van der Waals surface area contributed by atoms with Gasteiger partial charge in [0.2, 0.25) is 0 Å². The predicted molar refractivity (Wildman–Crippen MR) is 137 cm³/mol. The number of aliphatic carboxylic acids is 1. The number of aliphatic hydroxyl groups excluding tert-OH is 1. The van der Waals surface area contributed by atoms with E-state index in [1.165, 1.54) is 5.56 Å². The fourth-order valence-corrected chi connectivity index (χ4v) is 5.36. The summed E-state index contributed by atoms with van der Waals surface area (Å²) in [5, 5.41) is 24.8. The van der Waals surface area contributed by atoms with Gasteiger partial charge in [0.15, 0.2) is 12.5 Å². The van der Waals surface area contributed by atoms with Crippen LogP contribution < -0.4 is 5.32 Å². The number of carboxylic acids is 1. The van der Waals surface area contributed by atoms with Crippen molar-refractivity contribution in [2.24, 2.45) is 0 Å². The lowest BCUT2D eigenvalue weighted by Crippen LogP contribution is -2.53. The molecule has 0 aliphatic carbocycles. The summed E-state index contributed by atoms with van der Waals surface area (Å²) in [6.45, 7) is 16.3. The zero-order chi connectivity index (χ0) is 25.5. The Morgan fingerprint density at radius 1 is 0.971 bits per heavy atom. The molecule has 4 rings (SSSR count). The molecule has 7 heteroatoms. The van der Waals surface area contributed by atoms with E-state index in [2.05, 4.69) is 46.3 Å². The molecule has 3 N–H and O–H groups in total. The number of nitrogens with zero attached hydrogens (tertiary/aromatic N) is 2. The van der Waals surface area contributed by atoms with Crippen molar-refractivity contribution < 1.29 is 19.7 Å². The second-order valence-corrected chi connectivity index (χ2v) is 10.8. The molecule has 2 heterocycles. The summed E-state index contributed by atoms with van der Waals surface area (Å²) in [5.74, 6) is -0.994. The summed E-state index contributed by atoms with van der Waals surface area (Å²) in [4.78, 5) is 16.7. The molecular weight excluding hydrogens is 442 g/mol. The molecule has 2 aromatic rings. The molecule has 1 unspecified atom stereocenters. The monoisotopic (exact) mass is 481 g/mol. The molecule has 2 aromatic carbocycles. The number of carboxylic acid groups (broad SMARTS) is 1. The summed E-state index contributed by atoms with van der Waals surface area (Å²) in [5.41, 5.74) is 7.42. The Morgan fingerprint density at radius 3 is 2.09 bits per heavy atom. The lowest BCUT2D eigenvalue weighted by atomic mass is 9.83. The van der Waals surface area contributed by atoms with Gasteiger partial charge in [-0.15, -0.1) is 0 Å². The van der Waals surface area contributed by atoms with Crippen molar-refractivity contribution in [1.29, 1.82) is 0 Å². The van der Waals surface area contributed by atoms with Gasteiger partial charge in [0.05, 0.1) is 5.60 Å². The Bertz CT molecular complexity index is 1090. The van der Waals surface area contributed by atoms with Gasteiger partial charge in [-0.3, -0.25) is 9.80 Å². The number of rotatable bonds is 6. The standard InChI is InChI=1S/C28H39N3O4/c1-17-7-9-20(10-8-17)23-18(2)21-15-31(27(34)30-13-11-29-12-14-30)16-22(21)19(3)24(23)25(26(32)33)35-28(4,5)6/h7-10,25,27,29,34H,11-16H2,1-6H3,(H,32,33)/t25-,27?/m0/s1. The molecule has 0 bridgehead atoms.